The van der Waals surface area contributed by atoms with Crippen LogP contribution in [0.25, 0.3) is 0 Å². The van der Waals surface area contributed by atoms with E-state index in [9.17, 15) is 4.79 Å². The number of hydrogen-bond donors (Lipinski definition) is 0. The molecule has 1 aliphatic heterocycles. The van der Waals surface area contributed by atoms with Gasteiger partial charge in [-0.1, -0.05) is 30.3 Å². The monoisotopic (exact) mass is 246 g/mol. The van der Waals surface area contributed by atoms with Crippen LogP contribution in [0.4, 0.5) is 9.93 Å². The summed E-state index contributed by atoms with van der Waals surface area (Å²) < 4.78 is 5.11. The van der Waals surface area contributed by atoms with E-state index < -0.39 is 0 Å². The number of amides is 1. The Kier molecular flexibility index (Phi) is 2.53. The van der Waals surface area contributed by atoms with Crippen molar-refractivity contribution in [2.24, 2.45) is 0 Å². The first-order chi connectivity index (χ1) is 8.36. The molecule has 1 atom stereocenters. The highest BCUT2D eigenvalue weighted by Crippen LogP contribution is 2.33. The number of aromatic nitrogens is 1. The van der Waals surface area contributed by atoms with Crippen LogP contribution in [0.2, 0.25) is 0 Å². The SMILES string of the molecule is O=C1OCC(c2ccccc2)N1c1nccs1. The van der Waals surface area contributed by atoms with Crippen LogP contribution in [0.3, 0.4) is 0 Å². The zero-order chi connectivity index (χ0) is 11.7. The van der Waals surface area contributed by atoms with E-state index in [0.717, 1.165) is 5.56 Å². The molecule has 1 aromatic heterocycles. The van der Waals surface area contributed by atoms with Crippen molar-refractivity contribution in [3.8, 4) is 0 Å². The number of hydrogen-bond acceptors (Lipinski definition) is 4. The Morgan fingerprint density at radius 2 is 2.18 bits per heavy atom. The van der Waals surface area contributed by atoms with Gasteiger partial charge in [-0.15, -0.1) is 11.3 Å². The van der Waals surface area contributed by atoms with Crippen molar-refractivity contribution in [3.05, 3.63) is 47.5 Å². The standard InChI is InChI=1S/C12H10N2O2S/c15-12-14(11-13-6-7-17-11)10(8-16-12)9-4-2-1-3-5-9/h1-7,10H,8H2. The molecule has 0 bridgehead atoms. The largest absolute Gasteiger partial charge is 0.447 e. The molecule has 1 fully saturated rings. The molecule has 0 aliphatic carbocycles. The number of benzene rings is 1. The van der Waals surface area contributed by atoms with E-state index in [1.54, 1.807) is 11.1 Å². The first kappa shape index (κ1) is 10.3. The molecule has 0 radical (unpaired) electrons. The molecule has 1 saturated heterocycles. The minimum Gasteiger partial charge on any atom is -0.447 e. The Hall–Kier alpha value is -1.88. The molecule has 2 aromatic rings. The number of thiazole rings is 1. The van der Waals surface area contributed by atoms with Crippen LogP contribution in [0, 0.1) is 0 Å². The predicted octanol–water partition coefficient (Wildman–Crippen LogP) is 2.84. The maximum atomic E-state index is 11.7. The highest BCUT2D eigenvalue weighted by atomic mass is 32.1. The number of nitrogens with zero attached hydrogens (tertiary/aromatic N) is 2. The molecule has 1 unspecified atom stereocenters. The van der Waals surface area contributed by atoms with Gasteiger partial charge in [-0.25, -0.2) is 14.7 Å². The lowest BCUT2D eigenvalue weighted by Gasteiger charge is -2.18. The fourth-order valence-electron chi connectivity index (χ4n) is 1.89. The zero-order valence-electron chi connectivity index (χ0n) is 8.95. The summed E-state index contributed by atoms with van der Waals surface area (Å²) in [6.07, 6.45) is 1.36. The van der Waals surface area contributed by atoms with Crippen molar-refractivity contribution >= 4 is 22.6 Å². The van der Waals surface area contributed by atoms with Crippen molar-refractivity contribution in [3.63, 3.8) is 0 Å². The summed E-state index contributed by atoms with van der Waals surface area (Å²) in [7, 11) is 0. The van der Waals surface area contributed by atoms with E-state index in [-0.39, 0.29) is 12.1 Å². The molecule has 1 aromatic carbocycles. The van der Waals surface area contributed by atoms with E-state index in [2.05, 4.69) is 4.98 Å². The summed E-state index contributed by atoms with van der Waals surface area (Å²) in [5, 5.41) is 2.53. The molecule has 3 rings (SSSR count). The van der Waals surface area contributed by atoms with Gasteiger partial charge in [0.1, 0.15) is 12.6 Å². The smallest absolute Gasteiger partial charge is 0.416 e. The number of cyclic esters (lactones) is 1. The summed E-state index contributed by atoms with van der Waals surface area (Å²) in [6.45, 7) is 0.377. The van der Waals surface area contributed by atoms with Gasteiger partial charge in [0.15, 0.2) is 5.13 Å². The highest BCUT2D eigenvalue weighted by Gasteiger charge is 2.36. The third-order valence-corrected chi connectivity index (χ3v) is 3.45. The molecular weight excluding hydrogens is 236 g/mol. The van der Waals surface area contributed by atoms with Crippen LogP contribution < -0.4 is 4.90 Å². The average Bonchev–Trinajstić information content (AvgIpc) is 2.99. The lowest BCUT2D eigenvalue weighted by atomic mass is 10.1. The summed E-state index contributed by atoms with van der Waals surface area (Å²) in [6, 6.07) is 9.78. The molecule has 0 N–H and O–H groups in total. The van der Waals surface area contributed by atoms with Crippen LogP contribution >= 0.6 is 11.3 Å². The van der Waals surface area contributed by atoms with Crippen molar-refractivity contribution in [2.45, 2.75) is 6.04 Å². The zero-order valence-corrected chi connectivity index (χ0v) is 9.76. The second kappa shape index (κ2) is 4.18. The lowest BCUT2D eigenvalue weighted by molar-refractivity contribution is 0.179. The molecule has 0 spiro atoms. The first-order valence-electron chi connectivity index (χ1n) is 5.26. The van der Waals surface area contributed by atoms with Gasteiger partial charge >= 0.3 is 6.09 Å². The number of ether oxygens (including phenoxy) is 1. The van der Waals surface area contributed by atoms with Crippen LogP contribution in [0.15, 0.2) is 41.9 Å². The normalized spacial score (nSPS) is 19.4. The van der Waals surface area contributed by atoms with E-state index in [0.29, 0.717) is 11.7 Å². The van der Waals surface area contributed by atoms with E-state index in [1.807, 2.05) is 35.7 Å². The van der Waals surface area contributed by atoms with Gasteiger partial charge in [0.05, 0.1) is 0 Å². The van der Waals surface area contributed by atoms with Crippen LogP contribution in [-0.4, -0.2) is 17.7 Å². The molecule has 1 amide bonds. The minimum atomic E-state index is -0.325. The summed E-state index contributed by atoms with van der Waals surface area (Å²) in [4.78, 5) is 17.5. The lowest BCUT2D eigenvalue weighted by Crippen LogP contribution is -2.26. The molecule has 0 saturated carbocycles. The van der Waals surface area contributed by atoms with Gasteiger partial charge in [-0.2, -0.15) is 0 Å². The van der Waals surface area contributed by atoms with Crippen molar-refractivity contribution in [2.75, 3.05) is 11.5 Å². The van der Waals surface area contributed by atoms with E-state index >= 15 is 0 Å². The Morgan fingerprint density at radius 1 is 1.35 bits per heavy atom. The van der Waals surface area contributed by atoms with E-state index in [4.69, 9.17) is 4.74 Å². The molecule has 86 valence electrons. The average molecular weight is 246 g/mol. The van der Waals surface area contributed by atoms with Crippen LogP contribution in [-0.2, 0) is 4.74 Å². The quantitative estimate of drug-likeness (QED) is 0.818. The van der Waals surface area contributed by atoms with Crippen molar-refractivity contribution in [1.29, 1.82) is 0 Å². The third kappa shape index (κ3) is 1.78. The molecule has 5 heteroatoms. The van der Waals surface area contributed by atoms with E-state index in [1.165, 1.54) is 11.3 Å². The summed E-state index contributed by atoms with van der Waals surface area (Å²) in [5.41, 5.74) is 1.06. The van der Waals surface area contributed by atoms with Gasteiger partial charge in [0, 0.05) is 11.6 Å². The molecule has 17 heavy (non-hydrogen) atoms. The summed E-state index contributed by atoms with van der Waals surface area (Å²) >= 11 is 1.44. The number of anilines is 1. The topological polar surface area (TPSA) is 42.4 Å². The fraction of sp³-hybridized carbons (Fsp3) is 0.167. The molecule has 4 nitrogen and oxygen atoms in total. The Balaban J connectivity index is 1.98. The Bertz CT molecular complexity index is 513. The van der Waals surface area contributed by atoms with Gasteiger partial charge in [0.25, 0.3) is 0 Å². The number of carbonyl (C=O) groups excluding carboxylic acids is 1. The highest BCUT2D eigenvalue weighted by molar-refractivity contribution is 7.13. The number of carbonyl (C=O) groups is 1. The number of rotatable bonds is 2. The maximum absolute atomic E-state index is 11.7. The molecule has 2 heterocycles. The second-order valence-corrected chi connectivity index (χ2v) is 4.56. The van der Waals surface area contributed by atoms with Gasteiger partial charge in [-0.3, -0.25) is 0 Å². The Labute approximate surface area is 102 Å². The fourth-order valence-corrected chi connectivity index (χ4v) is 2.57. The van der Waals surface area contributed by atoms with Gasteiger partial charge in [0.2, 0.25) is 0 Å². The van der Waals surface area contributed by atoms with Crippen molar-refractivity contribution < 1.29 is 9.53 Å². The first-order valence-corrected chi connectivity index (χ1v) is 6.14. The third-order valence-electron chi connectivity index (χ3n) is 2.68. The van der Waals surface area contributed by atoms with Crippen LogP contribution in [0.1, 0.15) is 11.6 Å². The summed E-state index contributed by atoms with van der Waals surface area (Å²) in [5.74, 6) is 0. The van der Waals surface area contributed by atoms with Gasteiger partial charge < -0.3 is 4.74 Å². The molecule has 1 aliphatic rings. The Morgan fingerprint density at radius 3 is 2.88 bits per heavy atom. The van der Waals surface area contributed by atoms with Crippen molar-refractivity contribution in [1.82, 2.24) is 4.98 Å². The second-order valence-electron chi connectivity index (χ2n) is 3.69. The minimum absolute atomic E-state index is 0.0742. The maximum Gasteiger partial charge on any atom is 0.416 e. The van der Waals surface area contributed by atoms with Crippen LogP contribution in [0.5, 0.6) is 0 Å². The predicted molar refractivity (Wildman–Crippen MR) is 65.1 cm³/mol. The van der Waals surface area contributed by atoms with Gasteiger partial charge in [-0.05, 0) is 5.56 Å². The molecular formula is C12H10N2O2S.